The lowest BCUT2D eigenvalue weighted by Crippen LogP contribution is -2.41. The summed E-state index contributed by atoms with van der Waals surface area (Å²) in [6.07, 6.45) is 5.88. The van der Waals surface area contributed by atoms with Gasteiger partial charge in [-0.15, -0.1) is 10.2 Å². The van der Waals surface area contributed by atoms with Crippen LogP contribution < -0.4 is 10.2 Å². The van der Waals surface area contributed by atoms with Crippen LogP contribution in [0.1, 0.15) is 12.8 Å². The van der Waals surface area contributed by atoms with Gasteiger partial charge in [0.2, 0.25) is 0 Å². The van der Waals surface area contributed by atoms with Crippen LogP contribution in [-0.2, 0) is 0 Å². The van der Waals surface area contributed by atoms with Crippen molar-refractivity contribution in [2.45, 2.75) is 18.9 Å². The highest BCUT2D eigenvalue weighted by atomic mass is 15.3. The first kappa shape index (κ1) is 13.0. The molecule has 0 aliphatic carbocycles. The molecule has 0 radical (unpaired) electrons. The number of nitrogens with zero attached hydrogens (tertiary/aromatic N) is 4. The SMILES string of the molecule is CN(c1ccc(-c2cccnc2)nn1)C1CCNCC1. The lowest BCUT2D eigenvalue weighted by atomic mass is 10.1. The third-order valence-electron chi connectivity index (χ3n) is 3.83. The molecule has 1 aliphatic heterocycles. The monoisotopic (exact) mass is 269 g/mol. The molecule has 0 spiro atoms. The van der Waals surface area contributed by atoms with Crippen molar-refractivity contribution >= 4 is 5.82 Å². The highest BCUT2D eigenvalue weighted by Crippen LogP contribution is 2.20. The summed E-state index contributed by atoms with van der Waals surface area (Å²) in [5.41, 5.74) is 1.86. The number of rotatable bonds is 3. The first-order chi connectivity index (χ1) is 9.84. The van der Waals surface area contributed by atoms with Gasteiger partial charge >= 0.3 is 0 Å². The van der Waals surface area contributed by atoms with E-state index in [4.69, 9.17) is 0 Å². The average Bonchev–Trinajstić information content (AvgIpc) is 2.56. The number of hydrogen-bond acceptors (Lipinski definition) is 5. The smallest absolute Gasteiger partial charge is 0.151 e. The molecular formula is C15H19N5. The number of aromatic nitrogens is 3. The second kappa shape index (κ2) is 5.96. The Kier molecular flexibility index (Phi) is 3.87. The minimum absolute atomic E-state index is 0.551. The van der Waals surface area contributed by atoms with Gasteiger partial charge in [0.05, 0.1) is 5.69 Å². The summed E-state index contributed by atoms with van der Waals surface area (Å²) < 4.78 is 0. The summed E-state index contributed by atoms with van der Waals surface area (Å²) in [6.45, 7) is 2.16. The standard InChI is InChI=1S/C15H19N5/c1-20(13-6-9-16-10-7-13)15-5-4-14(18-19-15)12-3-2-8-17-11-12/h2-5,8,11,13,16H,6-7,9-10H2,1H3. The van der Waals surface area contributed by atoms with Gasteiger partial charge in [0.25, 0.3) is 0 Å². The topological polar surface area (TPSA) is 53.9 Å². The molecule has 0 saturated carbocycles. The van der Waals surface area contributed by atoms with E-state index in [1.54, 1.807) is 12.4 Å². The molecule has 3 heterocycles. The van der Waals surface area contributed by atoms with Gasteiger partial charge in [0.1, 0.15) is 0 Å². The molecule has 2 aromatic rings. The van der Waals surface area contributed by atoms with Crippen LogP contribution in [0.4, 0.5) is 5.82 Å². The van der Waals surface area contributed by atoms with Crippen LogP contribution in [0.15, 0.2) is 36.7 Å². The normalized spacial score (nSPS) is 16.1. The van der Waals surface area contributed by atoms with Crippen molar-refractivity contribution in [2.75, 3.05) is 25.0 Å². The molecule has 3 rings (SSSR count). The second-order valence-corrected chi connectivity index (χ2v) is 5.11. The summed E-state index contributed by atoms with van der Waals surface area (Å²) in [4.78, 5) is 6.34. The molecular weight excluding hydrogens is 250 g/mol. The Morgan fingerprint density at radius 3 is 2.65 bits per heavy atom. The van der Waals surface area contributed by atoms with Gasteiger partial charge in [0, 0.05) is 31.0 Å². The third-order valence-corrected chi connectivity index (χ3v) is 3.83. The lowest BCUT2D eigenvalue weighted by Gasteiger charge is -2.32. The molecule has 20 heavy (non-hydrogen) atoms. The van der Waals surface area contributed by atoms with Crippen LogP contribution in [0.2, 0.25) is 0 Å². The zero-order chi connectivity index (χ0) is 13.8. The Morgan fingerprint density at radius 2 is 2.00 bits per heavy atom. The molecule has 5 heteroatoms. The van der Waals surface area contributed by atoms with E-state index in [9.17, 15) is 0 Å². The van der Waals surface area contributed by atoms with E-state index in [0.29, 0.717) is 6.04 Å². The number of nitrogens with one attached hydrogen (secondary N) is 1. The van der Waals surface area contributed by atoms with Crippen molar-refractivity contribution in [3.63, 3.8) is 0 Å². The molecule has 0 bridgehead atoms. The van der Waals surface area contributed by atoms with Crippen LogP contribution in [0.5, 0.6) is 0 Å². The quantitative estimate of drug-likeness (QED) is 0.919. The lowest BCUT2D eigenvalue weighted by molar-refractivity contribution is 0.441. The van der Waals surface area contributed by atoms with Crippen molar-refractivity contribution < 1.29 is 0 Å². The van der Waals surface area contributed by atoms with Gasteiger partial charge in [-0.1, -0.05) is 0 Å². The summed E-state index contributed by atoms with van der Waals surface area (Å²) >= 11 is 0. The van der Waals surface area contributed by atoms with Crippen LogP contribution in [0.3, 0.4) is 0 Å². The number of pyridine rings is 1. The van der Waals surface area contributed by atoms with E-state index in [1.807, 2.05) is 24.3 Å². The van der Waals surface area contributed by atoms with Crippen LogP contribution in [0, 0.1) is 0 Å². The van der Waals surface area contributed by atoms with E-state index >= 15 is 0 Å². The van der Waals surface area contributed by atoms with E-state index in [1.165, 1.54) is 0 Å². The largest absolute Gasteiger partial charge is 0.355 e. The summed E-state index contributed by atoms with van der Waals surface area (Å²) in [7, 11) is 2.10. The van der Waals surface area contributed by atoms with Crippen LogP contribution in [-0.4, -0.2) is 41.4 Å². The highest BCUT2D eigenvalue weighted by Gasteiger charge is 2.19. The maximum absolute atomic E-state index is 4.36. The van der Waals surface area contributed by atoms with Crippen LogP contribution >= 0.6 is 0 Å². The first-order valence-electron chi connectivity index (χ1n) is 7.02. The van der Waals surface area contributed by atoms with E-state index in [0.717, 1.165) is 43.0 Å². The molecule has 1 saturated heterocycles. The highest BCUT2D eigenvalue weighted by molar-refractivity contribution is 5.58. The predicted molar refractivity (Wildman–Crippen MR) is 79.6 cm³/mol. The Labute approximate surface area is 119 Å². The summed E-state index contributed by atoms with van der Waals surface area (Å²) in [5.74, 6) is 0.935. The molecule has 1 N–H and O–H groups in total. The maximum atomic E-state index is 4.36. The fourth-order valence-corrected chi connectivity index (χ4v) is 2.56. The van der Waals surface area contributed by atoms with Gasteiger partial charge in [-0.3, -0.25) is 4.98 Å². The molecule has 1 fully saturated rings. The van der Waals surface area contributed by atoms with Gasteiger partial charge in [-0.2, -0.15) is 0 Å². The Balaban J connectivity index is 1.75. The summed E-state index contributed by atoms with van der Waals surface area (Å²) in [6, 6.07) is 8.50. The van der Waals surface area contributed by atoms with Crippen LogP contribution in [0.25, 0.3) is 11.3 Å². The van der Waals surface area contributed by atoms with Crippen molar-refractivity contribution in [2.24, 2.45) is 0 Å². The Bertz CT molecular complexity index is 534. The minimum atomic E-state index is 0.551. The minimum Gasteiger partial charge on any atom is -0.355 e. The second-order valence-electron chi connectivity index (χ2n) is 5.11. The Morgan fingerprint density at radius 1 is 1.15 bits per heavy atom. The summed E-state index contributed by atoms with van der Waals surface area (Å²) in [5, 5.41) is 12.1. The molecule has 0 amide bonds. The Hall–Kier alpha value is -2.01. The zero-order valence-corrected chi connectivity index (χ0v) is 11.7. The van der Waals surface area contributed by atoms with Gasteiger partial charge in [0.15, 0.2) is 5.82 Å². The van der Waals surface area contributed by atoms with E-state index < -0.39 is 0 Å². The first-order valence-corrected chi connectivity index (χ1v) is 7.02. The average molecular weight is 269 g/mol. The zero-order valence-electron chi connectivity index (χ0n) is 11.7. The number of anilines is 1. The molecule has 0 aromatic carbocycles. The molecule has 0 atom stereocenters. The van der Waals surface area contributed by atoms with Gasteiger partial charge in [-0.25, -0.2) is 0 Å². The predicted octanol–water partition coefficient (Wildman–Crippen LogP) is 1.73. The van der Waals surface area contributed by atoms with Gasteiger partial charge in [-0.05, 0) is 50.2 Å². The number of piperidine rings is 1. The van der Waals surface area contributed by atoms with Crippen molar-refractivity contribution in [1.29, 1.82) is 0 Å². The van der Waals surface area contributed by atoms with Crippen molar-refractivity contribution in [3.05, 3.63) is 36.7 Å². The maximum Gasteiger partial charge on any atom is 0.151 e. The molecule has 104 valence electrons. The van der Waals surface area contributed by atoms with Crippen molar-refractivity contribution in [1.82, 2.24) is 20.5 Å². The third kappa shape index (κ3) is 2.77. The molecule has 5 nitrogen and oxygen atoms in total. The molecule has 1 aliphatic rings. The molecule has 0 unspecified atom stereocenters. The van der Waals surface area contributed by atoms with Gasteiger partial charge < -0.3 is 10.2 Å². The fourth-order valence-electron chi connectivity index (χ4n) is 2.56. The van der Waals surface area contributed by atoms with E-state index in [-0.39, 0.29) is 0 Å². The van der Waals surface area contributed by atoms with Crippen molar-refractivity contribution in [3.8, 4) is 11.3 Å². The van der Waals surface area contributed by atoms with E-state index in [2.05, 4.69) is 32.4 Å². The fraction of sp³-hybridized carbons (Fsp3) is 0.400. The number of hydrogen-bond donors (Lipinski definition) is 1. The molecule has 2 aromatic heterocycles.